The van der Waals surface area contributed by atoms with Gasteiger partial charge in [0.05, 0.1) is 22.5 Å². The first-order chi connectivity index (χ1) is 12.6. The number of thioether (sulfide) groups is 1. The molecule has 4 rings (SSSR count). The maximum atomic E-state index is 12.8. The van der Waals surface area contributed by atoms with Crippen molar-refractivity contribution < 1.29 is 4.79 Å². The number of hydrogen-bond donors (Lipinski definition) is 0. The maximum absolute atomic E-state index is 12.8. The number of para-hydroxylation sites is 1. The Morgan fingerprint density at radius 1 is 1.04 bits per heavy atom. The van der Waals surface area contributed by atoms with Crippen molar-refractivity contribution in [3.8, 4) is 5.69 Å². The number of rotatable bonds is 3. The van der Waals surface area contributed by atoms with Gasteiger partial charge in [0, 0.05) is 11.8 Å². The highest BCUT2D eigenvalue weighted by Crippen LogP contribution is 2.36. The Morgan fingerprint density at radius 3 is 2.50 bits per heavy atom. The molecule has 1 saturated heterocycles. The number of thiocarbonyl (C=S) groups is 1. The first kappa shape index (κ1) is 16.8. The lowest BCUT2D eigenvalue weighted by Crippen LogP contribution is -2.27. The lowest BCUT2D eigenvalue weighted by atomic mass is 10.2. The fourth-order valence-corrected chi connectivity index (χ4v) is 3.97. The van der Waals surface area contributed by atoms with Crippen LogP contribution in [-0.4, -0.2) is 20.0 Å². The van der Waals surface area contributed by atoms with Gasteiger partial charge in [-0.2, -0.15) is 5.10 Å². The zero-order chi connectivity index (χ0) is 18.1. The minimum Gasteiger partial charge on any atom is -0.268 e. The van der Waals surface area contributed by atoms with Crippen molar-refractivity contribution in [2.24, 2.45) is 0 Å². The Kier molecular flexibility index (Phi) is 4.44. The normalized spacial score (nSPS) is 15.9. The van der Waals surface area contributed by atoms with Crippen LogP contribution in [0.15, 0.2) is 71.9 Å². The summed E-state index contributed by atoms with van der Waals surface area (Å²) in [5, 5.41) is 4.36. The fourth-order valence-electron chi connectivity index (χ4n) is 2.67. The summed E-state index contributed by atoms with van der Waals surface area (Å²) in [4.78, 5) is 15.0. The number of nitrogens with zero attached hydrogens (tertiary/aromatic N) is 3. The van der Waals surface area contributed by atoms with Crippen molar-refractivity contribution in [1.29, 1.82) is 0 Å². The van der Waals surface area contributed by atoms with Crippen LogP contribution in [0, 0.1) is 6.92 Å². The predicted octanol–water partition coefficient (Wildman–Crippen LogP) is 4.59. The Morgan fingerprint density at radius 2 is 1.77 bits per heavy atom. The molecule has 1 amide bonds. The molecule has 1 aromatic heterocycles. The molecule has 0 aliphatic carbocycles. The molecule has 0 radical (unpaired) electrons. The molecule has 0 bridgehead atoms. The number of aryl methyl sites for hydroxylation is 1. The maximum Gasteiger partial charge on any atom is 0.270 e. The van der Waals surface area contributed by atoms with E-state index in [-0.39, 0.29) is 5.91 Å². The molecule has 0 N–H and O–H groups in total. The van der Waals surface area contributed by atoms with Crippen LogP contribution in [0.3, 0.4) is 0 Å². The van der Waals surface area contributed by atoms with Gasteiger partial charge in [-0.1, -0.05) is 59.9 Å². The summed E-state index contributed by atoms with van der Waals surface area (Å²) in [7, 11) is 0. The number of hydrogen-bond acceptors (Lipinski definition) is 4. The Hall–Kier alpha value is -2.70. The van der Waals surface area contributed by atoms with Gasteiger partial charge in [-0.05, 0) is 37.3 Å². The monoisotopic (exact) mass is 377 g/mol. The van der Waals surface area contributed by atoms with Crippen LogP contribution in [-0.2, 0) is 4.79 Å². The van der Waals surface area contributed by atoms with Crippen molar-refractivity contribution in [1.82, 2.24) is 9.78 Å². The van der Waals surface area contributed by atoms with Crippen LogP contribution in [0.4, 0.5) is 5.69 Å². The van der Waals surface area contributed by atoms with Crippen LogP contribution in [0.5, 0.6) is 0 Å². The van der Waals surface area contributed by atoms with E-state index < -0.39 is 0 Å². The van der Waals surface area contributed by atoms with E-state index in [0.717, 1.165) is 22.5 Å². The third-order valence-electron chi connectivity index (χ3n) is 4.01. The molecule has 1 fully saturated rings. The Labute approximate surface area is 161 Å². The van der Waals surface area contributed by atoms with Gasteiger partial charge < -0.3 is 0 Å². The SMILES string of the molecule is Cc1ccc(N2C(=O)/C(=C\c3cnn(-c4ccccc4)c3)SC2=S)cc1. The van der Waals surface area contributed by atoms with Crippen molar-refractivity contribution >= 4 is 46.0 Å². The summed E-state index contributed by atoms with van der Waals surface area (Å²) in [6, 6.07) is 17.6. The highest BCUT2D eigenvalue weighted by molar-refractivity contribution is 8.27. The number of carbonyl (C=O) groups is 1. The van der Waals surface area contributed by atoms with E-state index in [1.54, 1.807) is 15.8 Å². The average molecular weight is 377 g/mol. The number of carbonyl (C=O) groups excluding carboxylic acids is 1. The lowest BCUT2D eigenvalue weighted by Gasteiger charge is -2.14. The molecule has 1 aliphatic heterocycles. The van der Waals surface area contributed by atoms with Crippen molar-refractivity contribution in [2.75, 3.05) is 4.90 Å². The van der Waals surface area contributed by atoms with Crippen LogP contribution in [0.2, 0.25) is 0 Å². The number of anilines is 1. The van der Waals surface area contributed by atoms with E-state index in [4.69, 9.17) is 12.2 Å². The number of aromatic nitrogens is 2. The minimum atomic E-state index is -0.101. The van der Waals surface area contributed by atoms with Gasteiger partial charge in [0.2, 0.25) is 0 Å². The summed E-state index contributed by atoms with van der Waals surface area (Å²) in [5.41, 5.74) is 3.77. The molecule has 3 aromatic rings. The molecule has 128 valence electrons. The molecular weight excluding hydrogens is 362 g/mol. The van der Waals surface area contributed by atoms with Crippen LogP contribution >= 0.6 is 24.0 Å². The van der Waals surface area contributed by atoms with E-state index in [1.165, 1.54) is 11.8 Å². The second-order valence-corrected chi connectivity index (χ2v) is 7.58. The molecule has 1 aliphatic rings. The standard InChI is InChI=1S/C20H15N3OS2/c1-14-7-9-17(10-8-14)23-19(24)18(26-20(23)25)11-15-12-21-22(13-15)16-5-3-2-4-6-16/h2-13H,1H3/b18-11+. The summed E-state index contributed by atoms with van der Waals surface area (Å²) < 4.78 is 2.33. The van der Waals surface area contributed by atoms with Crippen LogP contribution in [0.1, 0.15) is 11.1 Å². The smallest absolute Gasteiger partial charge is 0.268 e. The van der Waals surface area contributed by atoms with Gasteiger partial charge in [0.1, 0.15) is 0 Å². The van der Waals surface area contributed by atoms with Crippen molar-refractivity contribution in [2.45, 2.75) is 6.92 Å². The van der Waals surface area contributed by atoms with E-state index in [0.29, 0.717) is 9.23 Å². The molecule has 0 atom stereocenters. The molecule has 6 heteroatoms. The average Bonchev–Trinajstić information content (AvgIpc) is 3.22. The number of benzene rings is 2. The molecule has 0 spiro atoms. The van der Waals surface area contributed by atoms with Crippen molar-refractivity contribution in [3.05, 3.63) is 83.0 Å². The largest absolute Gasteiger partial charge is 0.270 e. The van der Waals surface area contributed by atoms with Gasteiger partial charge in [0.25, 0.3) is 5.91 Å². The van der Waals surface area contributed by atoms with Gasteiger partial charge in [-0.15, -0.1) is 0 Å². The van der Waals surface area contributed by atoms with Gasteiger partial charge in [-0.25, -0.2) is 4.68 Å². The third kappa shape index (κ3) is 3.21. The second kappa shape index (κ2) is 6.90. The molecule has 0 saturated carbocycles. The summed E-state index contributed by atoms with van der Waals surface area (Å²) in [6.45, 7) is 2.01. The molecule has 2 heterocycles. The van der Waals surface area contributed by atoms with E-state index >= 15 is 0 Å². The Bertz CT molecular complexity index is 1010. The van der Waals surface area contributed by atoms with Gasteiger partial charge in [0.15, 0.2) is 4.32 Å². The first-order valence-electron chi connectivity index (χ1n) is 8.06. The Balaban J connectivity index is 1.61. The molecule has 4 nitrogen and oxygen atoms in total. The summed E-state index contributed by atoms with van der Waals surface area (Å²) >= 11 is 6.73. The third-order valence-corrected chi connectivity index (χ3v) is 5.31. The predicted molar refractivity (Wildman–Crippen MR) is 110 cm³/mol. The molecule has 2 aromatic carbocycles. The zero-order valence-electron chi connectivity index (χ0n) is 14.0. The van der Waals surface area contributed by atoms with Gasteiger partial charge >= 0.3 is 0 Å². The molecule has 26 heavy (non-hydrogen) atoms. The second-order valence-electron chi connectivity index (χ2n) is 5.91. The van der Waals surface area contributed by atoms with Crippen LogP contribution < -0.4 is 4.90 Å². The van der Waals surface area contributed by atoms with E-state index in [2.05, 4.69) is 5.10 Å². The van der Waals surface area contributed by atoms with Crippen molar-refractivity contribution in [3.63, 3.8) is 0 Å². The van der Waals surface area contributed by atoms with E-state index in [1.807, 2.05) is 73.8 Å². The lowest BCUT2D eigenvalue weighted by molar-refractivity contribution is -0.113. The molecular formula is C20H15N3OS2. The minimum absolute atomic E-state index is 0.101. The highest BCUT2D eigenvalue weighted by Gasteiger charge is 2.33. The number of amides is 1. The first-order valence-corrected chi connectivity index (χ1v) is 9.29. The quantitative estimate of drug-likeness (QED) is 0.494. The zero-order valence-corrected chi connectivity index (χ0v) is 15.6. The fraction of sp³-hybridized carbons (Fsp3) is 0.0500. The van der Waals surface area contributed by atoms with E-state index in [9.17, 15) is 4.79 Å². The summed E-state index contributed by atoms with van der Waals surface area (Å²) in [6.07, 6.45) is 5.47. The van der Waals surface area contributed by atoms with Crippen LogP contribution in [0.25, 0.3) is 11.8 Å². The topological polar surface area (TPSA) is 38.1 Å². The molecule has 0 unspecified atom stereocenters. The highest BCUT2D eigenvalue weighted by atomic mass is 32.2. The van der Waals surface area contributed by atoms with Gasteiger partial charge in [-0.3, -0.25) is 9.69 Å². The summed E-state index contributed by atoms with van der Waals surface area (Å²) in [5.74, 6) is -0.101.